The number of carbonyl (C=O) groups is 1. The molecule has 0 heterocycles. The zero-order valence-corrected chi connectivity index (χ0v) is 11.8. The van der Waals surface area contributed by atoms with Crippen LogP contribution in [0.15, 0.2) is 0 Å². The molecule has 1 fully saturated rings. The van der Waals surface area contributed by atoms with Crippen molar-refractivity contribution in [3.63, 3.8) is 0 Å². The second-order valence-electron chi connectivity index (χ2n) is 6.01. The molecule has 106 valence electrons. The Morgan fingerprint density at radius 1 is 1.44 bits per heavy atom. The van der Waals surface area contributed by atoms with Crippen molar-refractivity contribution in [1.82, 2.24) is 10.2 Å². The lowest BCUT2D eigenvalue weighted by Crippen LogP contribution is -2.50. The normalized spacial score (nSPS) is 27.9. The lowest BCUT2D eigenvalue weighted by atomic mass is 9.84. The van der Waals surface area contributed by atoms with Gasteiger partial charge in [-0.15, -0.1) is 0 Å². The van der Waals surface area contributed by atoms with E-state index >= 15 is 0 Å². The summed E-state index contributed by atoms with van der Waals surface area (Å²) in [7, 11) is 3.79. The Morgan fingerprint density at radius 3 is 2.61 bits per heavy atom. The number of hydrogen-bond donors (Lipinski definition) is 3. The fraction of sp³-hybridized carbons (Fsp3) is 0.923. The van der Waals surface area contributed by atoms with E-state index in [1.807, 2.05) is 19.0 Å². The second kappa shape index (κ2) is 6.50. The molecule has 0 aromatic rings. The number of nitrogens with zero attached hydrogens (tertiary/aromatic N) is 1. The molecule has 1 amide bonds. The van der Waals surface area contributed by atoms with Crippen molar-refractivity contribution < 1.29 is 9.90 Å². The third kappa shape index (κ3) is 4.92. The standard InChI is InChI=1S/C13H27N3O2/c1-13(18,9-16(2)3)8-15-12(17)10-6-4-5-7-11(10)14/h10-11,18H,4-9,14H2,1-3H3,(H,15,17). The van der Waals surface area contributed by atoms with E-state index in [9.17, 15) is 9.90 Å². The van der Waals surface area contributed by atoms with E-state index in [1.165, 1.54) is 0 Å². The van der Waals surface area contributed by atoms with Gasteiger partial charge in [-0.25, -0.2) is 0 Å². The highest BCUT2D eigenvalue weighted by molar-refractivity contribution is 5.79. The summed E-state index contributed by atoms with van der Waals surface area (Å²) < 4.78 is 0. The molecule has 0 spiro atoms. The van der Waals surface area contributed by atoms with Crippen LogP contribution in [0.1, 0.15) is 32.6 Å². The largest absolute Gasteiger partial charge is 0.387 e. The van der Waals surface area contributed by atoms with Crippen molar-refractivity contribution in [2.24, 2.45) is 11.7 Å². The van der Waals surface area contributed by atoms with Crippen LogP contribution in [0.4, 0.5) is 0 Å². The first-order valence-corrected chi connectivity index (χ1v) is 6.72. The number of aliphatic hydroxyl groups is 1. The van der Waals surface area contributed by atoms with Crippen LogP contribution in [0.2, 0.25) is 0 Å². The van der Waals surface area contributed by atoms with Gasteiger partial charge in [0.2, 0.25) is 5.91 Å². The summed E-state index contributed by atoms with van der Waals surface area (Å²) in [5.41, 5.74) is 5.06. The molecule has 0 aromatic heterocycles. The van der Waals surface area contributed by atoms with Crippen molar-refractivity contribution in [1.29, 1.82) is 0 Å². The minimum absolute atomic E-state index is 0.0127. The maximum absolute atomic E-state index is 12.0. The highest BCUT2D eigenvalue weighted by atomic mass is 16.3. The Hall–Kier alpha value is -0.650. The van der Waals surface area contributed by atoms with Gasteiger partial charge in [0.15, 0.2) is 0 Å². The van der Waals surface area contributed by atoms with Gasteiger partial charge in [0.25, 0.3) is 0 Å². The van der Waals surface area contributed by atoms with Gasteiger partial charge in [-0.2, -0.15) is 0 Å². The molecule has 18 heavy (non-hydrogen) atoms. The van der Waals surface area contributed by atoms with Crippen LogP contribution < -0.4 is 11.1 Å². The second-order valence-corrected chi connectivity index (χ2v) is 6.01. The van der Waals surface area contributed by atoms with Crippen LogP contribution >= 0.6 is 0 Å². The molecule has 0 bridgehead atoms. The topological polar surface area (TPSA) is 78.6 Å². The molecule has 1 aliphatic carbocycles. The number of nitrogens with two attached hydrogens (primary N) is 1. The van der Waals surface area contributed by atoms with Crippen LogP contribution in [-0.2, 0) is 4.79 Å². The molecule has 1 rings (SSSR count). The minimum atomic E-state index is -0.905. The molecule has 0 aromatic carbocycles. The zero-order chi connectivity index (χ0) is 13.8. The molecule has 3 unspecified atom stereocenters. The van der Waals surface area contributed by atoms with Crippen LogP contribution in [0.25, 0.3) is 0 Å². The van der Waals surface area contributed by atoms with E-state index in [1.54, 1.807) is 6.92 Å². The average Bonchev–Trinajstić information content (AvgIpc) is 2.25. The van der Waals surface area contributed by atoms with Crippen LogP contribution in [0.3, 0.4) is 0 Å². The molecule has 1 aliphatic rings. The Labute approximate surface area is 110 Å². The molecule has 1 saturated carbocycles. The number of hydrogen-bond acceptors (Lipinski definition) is 4. The molecule has 0 aliphatic heterocycles. The minimum Gasteiger partial charge on any atom is -0.387 e. The van der Waals surface area contributed by atoms with Gasteiger partial charge < -0.3 is 21.1 Å². The van der Waals surface area contributed by atoms with Gasteiger partial charge in [-0.05, 0) is 33.9 Å². The summed E-state index contributed by atoms with van der Waals surface area (Å²) in [4.78, 5) is 13.9. The number of amides is 1. The number of carbonyl (C=O) groups excluding carboxylic acids is 1. The quantitative estimate of drug-likeness (QED) is 0.644. The van der Waals surface area contributed by atoms with Gasteiger partial charge in [0.1, 0.15) is 0 Å². The lowest BCUT2D eigenvalue weighted by molar-refractivity contribution is -0.127. The molecule has 3 atom stereocenters. The summed E-state index contributed by atoms with van der Waals surface area (Å²) in [6, 6.07) is -0.0300. The third-order valence-corrected chi connectivity index (χ3v) is 3.46. The summed E-state index contributed by atoms with van der Waals surface area (Å²) in [5, 5.41) is 12.9. The van der Waals surface area contributed by atoms with Gasteiger partial charge in [0, 0.05) is 19.1 Å². The molecule has 0 saturated heterocycles. The first-order valence-electron chi connectivity index (χ1n) is 6.72. The maximum atomic E-state index is 12.0. The van der Waals surface area contributed by atoms with Gasteiger partial charge >= 0.3 is 0 Å². The lowest BCUT2D eigenvalue weighted by Gasteiger charge is -2.30. The number of likely N-dealkylation sites (N-methyl/N-ethyl adjacent to an activating group) is 1. The van der Waals surface area contributed by atoms with E-state index in [0.717, 1.165) is 25.7 Å². The van der Waals surface area contributed by atoms with Gasteiger partial charge in [0.05, 0.1) is 11.5 Å². The highest BCUT2D eigenvalue weighted by Gasteiger charge is 2.30. The Morgan fingerprint density at radius 2 is 2.06 bits per heavy atom. The van der Waals surface area contributed by atoms with E-state index in [-0.39, 0.29) is 24.4 Å². The monoisotopic (exact) mass is 257 g/mol. The van der Waals surface area contributed by atoms with Crippen LogP contribution in [0.5, 0.6) is 0 Å². The third-order valence-electron chi connectivity index (χ3n) is 3.46. The van der Waals surface area contributed by atoms with Gasteiger partial charge in [-0.1, -0.05) is 12.8 Å². The number of nitrogens with one attached hydrogen (secondary N) is 1. The summed E-state index contributed by atoms with van der Waals surface area (Å²) >= 11 is 0. The maximum Gasteiger partial charge on any atom is 0.224 e. The van der Waals surface area contributed by atoms with Crippen LogP contribution in [0, 0.1) is 5.92 Å². The summed E-state index contributed by atoms with van der Waals surface area (Å²) in [6.07, 6.45) is 3.97. The Balaban J connectivity index is 2.40. The fourth-order valence-corrected chi connectivity index (χ4v) is 2.63. The fourth-order valence-electron chi connectivity index (χ4n) is 2.63. The SMILES string of the molecule is CN(C)CC(C)(O)CNC(=O)C1CCCCC1N. The van der Waals surface area contributed by atoms with Crippen molar-refractivity contribution in [3.05, 3.63) is 0 Å². The van der Waals surface area contributed by atoms with Crippen molar-refractivity contribution >= 4 is 5.91 Å². The molecular formula is C13H27N3O2. The summed E-state index contributed by atoms with van der Waals surface area (Å²) in [6.45, 7) is 2.52. The van der Waals surface area contributed by atoms with Crippen molar-refractivity contribution in [2.45, 2.75) is 44.2 Å². The molecular weight excluding hydrogens is 230 g/mol. The van der Waals surface area contributed by atoms with Crippen molar-refractivity contribution in [2.75, 3.05) is 27.2 Å². The predicted molar refractivity (Wildman–Crippen MR) is 72.1 cm³/mol. The number of rotatable bonds is 5. The van der Waals surface area contributed by atoms with E-state index in [4.69, 9.17) is 5.73 Å². The predicted octanol–water partition coefficient (Wildman–Crippen LogP) is -0.0673. The van der Waals surface area contributed by atoms with E-state index < -0.39 is 5.60 Å². The first-order chi connectivity index (χ1) is 8.32. The molecule has 5 nitrogen and oxygen atoms in total. The summed E-state index contributed by atoms with van der Waals surface area (Å²) in [5.74, 6) is -0.102. The first kappa shape index (κ1) is 15.4. The smallest absolute Gasteiger partial charge is 0.224 e. The average molecular weight is 257 g/mol. The highest BCUT2D eigenvalue weighted by Crippen LogP contribution is 2.23. The Kier molecular flexibility index (Phi) is 5.56. The van der Waals surface area contributed by atoms with Gasteiger partial charge in [-0.3, -0.25) is 4.79 Å². The van der Waals surface area contributed by atoms with E-state index in [0.29, 0.717) is 6.54 Å². The van der Waals surface area contributed by atoms with Crippen molar-refractivity contribution in [3.8, 4) is 0 Å². The molecule has 5 heteroatoms. The molecule has 0 radical (unpaired) electrons. The molecule has 4 N–H and O–H groups in total. The Bertz CT molecular complexity index is 279. The zero-order valence-electron chi connectivity index (χ0n) is 11.8. The van der Waals surface area contributed by atoms with E-state index in [2.05, 4.69) is 5.32 Å². The van der Waals surface area contributed by atoms with Crippen LogP contribution in [-0.4, -0.2) is 54.7 Å².